The van der Waals surface area contributed by atoms with Crippen molar-refractivity contribution in [2.45, 2.75) is 26.3 Å². The number of hydrogen-bond donors (Lipinski definition) is 1. The van der Waals surface area contributed by atoms with Crippen LogP contribution in [0.1, 0.15) is 19.2 Å². The van der Waals surface area contributed by atoms with Crippen LogP contribution in [0.5, 0.6) is 5.75 Å². The largest absolute Gasteiger partial charge is 0.492 e. The van der Waals surface area contributed by atoms with Crippen molar-refractivity contribution in [3.8, 4) is 5.75 Å². The monoisotopic (exact) mass is 443 g/mol. The molecule has 0 unspecified atom stereocenters. The van der Waals surface area contributed by atoms with Crippen molar-refractivity contribution in [3.63, 3.8) is 0 Å². The van der Waals surface area contributed by atoms with Crippen molar-refractivity contribution in [1.82, 2.24) is 29.9 Å². The van der Waals surface area contributed by atoms with Crippen molar-refractivity contribution in [2.24, 2.45) is 4.99 Å². The van der Waals surface area contributed by atoms with Gasteiger partial charge in [0.05, 0.1) is 19.8 Å². The molecule has 0 amide bonds. The molecule has 0 saturated carbocycles. The fourth-order valence-corrected chi connectivity index (χ4v) is 3.57. The van der Waals surface area contributed by atoms with Crippen molar-refractivity contribution < 1.29 is 9.47 Å². The first kappa shape index (κ1) is 24.0. The second-order valence-corrected chi connectivity index (χ2v) is 7.82. The van der Waals surface area contributed by atoms with Gasteiger partial charge in [0.2, 0.25) is 0 Å². The quantitative estimate of drug-likeness (QED) is 0.303. The van der Waals surface area contributed by atoms with Crippen LogP contribution >= 0.6 is 0 Å². The lowest BCUT2D eigenvalue weighted by Crippen LogP contribution is -2.42. The summed E-state index contributed by atoms with van der Waals surface area (Å²) in [6.07, 6.45) is 3.70. The number of ether oxygens (including phenoxy) is 2. The molecule has 1 N–H and O–H groups in total. The van der Waals surface area contributed by atoms with Gasteiger partial charge in [-0.05, 0) is 18.6 Å². The molecule has 9 nitrogen and oxygen atoms in total. The molecule has 0 atom stereocenters. The van der Waals surface area contributed by atoms with E-state index in [1.54, 1.807) is 6.33 Å². The smallest absolute Gasteiger partial charge is 0.193 e. The summed E-state index contributed by atoms with van der Waals surface area (Å²) in [4.78, 5) is 9.45. The minimum atomic E-state index is 0.598. The molecule has 1 saturated heterocycles. The summed E-state index contributed by atoms with van der Waals surface area (Å²) < 4.78 is 13.4. The van der Waals surface area contributed by atoms with E-state index in [0.29, 0.717) is 6.61 Å². The highest BCUT2D eigenvalue weighted by molar-refractivity contribution is 5.79. The molecule has 9 heteroatoms. The second kappa shape index (κ2) is 13.7. The Labute approximate surface area is 191 Å². The first-order chi connectivity index (χ1) is 15.8. The Hall–Kier alpha value is -2.65. The zero-order valence-corrected chi connectivity index (χ0v) is 19.4. The Morgan fingerprint density at radius 3 is 2.81 bits per heavy atom. The zero-order valence-electron chi connectivity index (χ0n) is 19.4. The number of guanidine groups is 1. The van der Waals surface area contributed by atoms with Crippen LogP contribution < -0.4 is 10.1 Å². The van der Waals surface area contributed by atoms with Crippen LogP contribution in [0, 0.1) is 0 Å². The SMILES string of the molecule is CCc1nncn1CCNC(=NCCCN1CCOCC1)N(C)CCOc1ccccc1. The Kier molecular flexibility index (Phi) is 10.3. The Bertz CT molecular complexity index is 791. The molecule has 3 rings (SSSR count). The van der Waals surface area contributed by atoms with Crippen molar-refractivity contribution in [1.29, 1.82) is 0 Å². The van der Waals surface area contributed by atoms with Gasteiger partial charge in [0.1, 0.15) is 24.5 Å². The van der Waals surface area contributed by atoms with Crippen molar-refractivity contribution in [2.75, 3.05) is 66.1 Å². The van der Waals surface area contributed by atoms with E-state index in [1.165, 1.54) is 0 Å². The first-order valence-corrected chi connectivity index (χ1v) is 11.6. The number of aryl methyl sites for hydroxylation is 1. The first-order valence-electron chi connectivity index (χ1n) is 11.6. The summed E-state index contributed by atoms with van der Waals surface area (Å²) in [6.45, 7) is 10.6. The molecule has 176 valence electrons. The fraction of sp³-hybridized carbons (Fsp3) is 0.609. The van der Waals surface area contributed by atoms with E-state index >= 15 is 0 Å². The van der Waals surface area contributed by atoms with Gasteiger partial charge in [0.15, 0.2) is 5.96 Å². The number of para-hydroxylation sites is 1. The van der Waals surface area contributed by atoms with Gasteiger partial charge in [0, 0.05) is 52.7 Å². The van der Waals surface area contributed by atoms with Crippen LogP contribution in [-0.4, -0.2) is 96.7 Å². The van der Waals surface area contributed by atoms with E-state index in [1.807, 2.05) is 30.3 Å². The highest BCUT2D eigenvalue weighted by Gasteiger charge is 2.10. The number of aliphatic imine (C=N–C) groups is 1. The maximum absolute atomic E-state index is 5.86. The van der Waals surface area contributed by atoms with Crippen molar-refractivity contribution in [3.05, 3.63) is 42.5 Å². The molecule has 1 aromatic heterocycles. The van der Waals surface area contributed by atoms with E-state index < -0.39 is 0 Å². The molecule has 1 aliphatic heterocycles. The molecule has 0 aliphatic carbocycles. The fourth-order valence-electron chi connectivity index (χ4n) is 3.57. The Balaban J connectivity index is 1.48. The summed E-state index contributed by atoms with van der Waals surface area (Å²) in [5.41, 5.74) is 0. The van der Waals surface area contributed by atoms with Crippen LogP contribution in [0.2, 0.25) is 0 Å². The van der Waals surface area contributed by atoms with E-state index in [2.05, 4.69) is 43.9 Å². The molecule has 0 radical (unpaired) electrons. The van der Waals surface area contributed by atoms with E-state index in [0.717, 1.165) is 89.4 Å². The maximum Gasteiger partial charge on any atom is 0.193 e. The van der Waals surface area contributed by atoms with Crippen LogP contribution in [0.15, 0.2) is 41.7 Å². The van der Waals surface area contributed by atoms with Crippen molar-refractivity contribution >= 4 is 5.96 Å². The number of nitrogens with one attached hydrogen (secondary N) is 1. The Morgan fingerprint density at radius 1 is 1.22 bits per heavy atom. The van der Waals surface area contributed by atoms with Crippen LogP contribution in [-0.2, 0) is 17.7 Å². The maximum atomic E-state index is 5.86. The van der Waals surface area contributed by atoms with Crippen LogP contribution in [0.3, 0.4) is 0 Å². The molecular formula is C23H37N7O2. The minimum Gasteiger partial charge on any atom is -0.492 e. The molecule has 32 heavy (non-hydrogen) atoms. The van der Waals surface area contributed by atoms with Gasteiger partial charge in [-0.2, -0.15) is 0 Å². The lowest BCUT2D eigenvalue weighted by Gasteiger charge is -2.26. The van der Waals surface area contributed by atoms with Crippen LogP contribution in [0.25, 0.3) is 0 Å². The standard InChI is InChI=1S/C23H37N7O2/c1-3-22-27-26-20-30(22)13-11-25-23(24-10-7-12-29-15-17-31-18-16-29)28(2)14-19-32-21-8-5-4-6-9-21/h4-6,8-9,20H,3,7,10-19H2,1-2H3,(H,24,25). The zero-order chi connectivity index (χ0) is 22.4. The van der Waals surface area contributed by atoms with E-state index in [4.69, 9.17) is 14.5 Å². The third kappa shape index (κ3) is 8.12. The predicted octanol–water partition coefficient (Wildman–Crippen LogP) is 1.52. The third-order valence-electron chi connectivity index (χ3n) is 5.45. The van der Waals surface area contributed by atoms with Gasteiger partial charge >= 0.3 is 0 Å². The van der Waals surface area contributed by atoms with E-state index in [-0.39, 0.29) is 0 Å². The molecule has 2 aromatic rings. The minimum absolute atomic E-state index is 0.598. The highest BCUT2D eigenvalue weighted by Crippen LogP contribution is 2.08. The highest BCUT2D eigenvalue weighted by atomic mass is 16.5. The summed E-state index contributed by atoms with van der Waals surface area (Å²) in [7, 11) is 2.05. The van der Waals surface area contributed by atoms with Gasteiger partial charge < -0.3 is 24.3 Å². The lowest BCUT2D eigenvalue weighted by molar-refractivity contribution is 0.0377. The topological polar surface area (TPSA) is 80.0 Å². The Morgan fingerprint density at radius 2 is 2.03 bits per heavy atom. The van der Waals surface area contributed by atoms with Gasteiger partial charge in [-0.1, -0.05) is 25.1 Å². The number of likely N-dealkylation sites (N-methyl/N-ethyl adjacent to an activating group) is 1. The summed E-state index contributed by atoms with van der Waals surface area (Å²) in [5, 5.41) is 11.7. The van der Waals surface area contributed by atoms with Crippen LogP contribution in [0.4, 0.5) is 0 Å². The molecular weight excluding hydrogens is 406 g/mol. The number of aromatic nitrogens is 3. The van der Waals surface area contributed by atoms with Gasteiger partial charge in [-0.15, -0.1) is 10.2 Å². The van der Waals surface area contributed by atoms with Gasteiger partial charge in [-0.3, -0.25) is 9.89 Å². The number of rotatable bonds is 12. The molecule has 1 fully saturated rings. The van der Waals surface area contributed by atoms with Gasteiger partial charge in [-0.25, -0.2) is 0 Å². The molecule has 1 aliphatic rings. The number of nitrogens with zero attached hydrogens (tertiary/aromatic N) is 6. The summed E-state index contributed by atoms with van der Waals surface area (Å²) in [6, 6.07) is 9.91. The normalized spacial score (nSPS) is 15.0. The number of benzene rings is 1. The molecule has 0 spiro atoms. The number of hydrogen-bond acceptors (Lipinski definition) is 6. The second-order valence-electron chi connectivity index (χ2n) is 7.82. The summed E-state index contributed by atoms with van der Waals surface area (Å²) >= 11 is 0. The summed E-state index contributed by atoms with van der Waals surface area (Å²) in [5.74, 6) is 2.78. The lowest BCUT2D eigenvalue weighted by atomic mass is 10.3. The molecule has 1 aromatic carbocycles. The third-order valence-corrected chi connectivity index (χ3v) is 5.45. The van der Waals surface area contributed by atoms with Gasteiger partial charge in [0.25, 0.3) is 0 Å². The number of morpholine rings is 1. The predicted molar refractivity (Wildman–Crippen MR) is 126 cm³/mol. The molecule has 0 bridgehead atoms. The average Bonchev–Trinajstić information content (AvgIpc) is 3.29. The average molecular weight is 444 g/mol. The molecule has 2 heterocycles. The van der Waals surface area contributed by atoms with E-state index in [9.17, 15) is 0 Å².